The molecule has 1 N–H and O–H groups in total. The maximum atomic E-state index is 12.6. The second-order valence-electron chi connectivity index (χ2n) is 5.35. The summed E-state index contributed by atoms with van der Waals surface area (Å²) in [6, 6.07) is 1.40. The number of nitrogens with zero attached hydrogens (tertiary/aromatic N) is 2. The average Bonchev–Trinajstić information content (AvgIpc) is 2.79. The van der Waals surface area contributed by atoms with Crippen molar-refractivity contribution < 1.29 is 17.9 Å². The normalized spacial score (nSPS) is 23.3. The summed E-state index contributed by atoms with van der Waals surface area (Å²) in [4.78, 5) is 14.4. The van der Waals surface area contributed by atoms with Gasteiger partial charge in [0.15, 0.2) is 0 Å². The van der Waals surface area contributed by atoms with E-state index in [0.717, 1.165) is 0 Å². The van der Waals surface area contributed by atoms with Gasteiger partial charge < -0.3 is 14.2 Å². The standard InChI is InChI=1S/C13H21N3O4S/c1-9-6-16(7-10(2)20-9)13(17)12-5-11(8-15(12)4)21(18,19)14-3/h5,8-10,14H,6-7H2,1-4H3/t9-,10-/m1/s1. The van der Waals surface area contributed by atoms with Crippen molar-refractivity contribution in [1.82, 2.24) is 14.2 Å². The number of carbonyl (C=O) groups excluding carboxylic acids is 1. The van der Waals surface area contributed by atoms with Crippen LogP contribution in [-0.4, -0.2) is 56.1 Å². The Morgan fingerprint density at radius 2 is 1.90 bits per heavy atom. The van der Waals surface area contributed by atoms with Crippen molar-refractivity contribution >= 4 is 15.9 Å². The lowest BCUT2D eigenvalue weighted by molar-refractivity contribution is -0.0588. The highest BCUT2D eigenvalue weighted by Crippen LogP contribution is 2.18. The largest absolute Gasteiger partial charge is 0.372 e. The zero-order valence-corrected chi connectivity index (χ0v) is 13.5. The van der Waals surface area contributed by atoms with Crippen molar-refractivity contribution in [2.45, 2.75) is 31.0 Å². The van der Waals surface area contributed by atoms with Gasteiger partial charge in [0.25, 0.3) is 5.91 Å². The van der Waals surface area contributed by atoms with Crippen molar-refractivity contribution in [3.05, 3.63) is 18.0 Å². The Balaban J connectivity index is 2.28. The van der Waals surface area contributed by atoms with Crippen LogP contribution in [0.1, 0.15) is 24.3 Å². The molecule has 118 valence electrons. The third-order valence-corrected chi connectivity index (χ3v) is 4.87. The van der Waals surface area contributed by atoms with E-state index in [4.69, 9.17) is 4.74 Å². The maximum Gasteiger partial charge on any atom is 0.270 e. The van der Waals surface area contributed by atoms with E-state index < -0.39 is 10.0 Å². The van der Waals surface area contributed by atoms with Crippen LogP contribution in [0.2, 0.25) is 0 Å². The van der Waals surface area contributed by atoms with Crippen molar-refractivity contribution in [2.75, 3.05) is 20.1 Å². The molecule has 1 aliphatic heterocycles. The lowest BCUT2D eigenvalue weighted by atomic mass is 10.2. The second-order valence-corrected chi connectivity index (χ2v) is 7.23. The maximum absolute atomic E-state index is 12.6. The molecule has 1 saturated heterocycles. The van der Waals surface area contributed by atoms with E-state index in [1.807, 2.05) is 13.8 Å². The van der Waals surface area contributed by atoms with Gasteiger partial charge in [0, 0.05) is 26.3 Å². The quantitative estimate of drug-likeness (QED) is 0.863. The zero-order chi connectivity index (χ0) is 15.8. The Hall–Kier alpha value is -1.38. The third-order valence-electron chi connectivity index (χ3n) is 3.48. The molecule has 0 radical (unpaired) electrons. The van der Waals surface area contributed by atoms with Crippen LogP contribution in [0.4, 0.5) is 0 Å². The Bertz CT molecular complexity index is 628. The van der Waals surface area contributed by atoms with Gasteiger partial charge >= 0.3 is 0 Å². The van der Waals surface area contributed by atoms with Gasteiger partial charge in [-0.15, -0.1) is 0 Å². The molecule has 8 heteroatoms. The molecule has 1 amide bonds. The Morgan fingerprint density at radius 3 is 2.43 bits per heavy atom. The fraction of sp³-hybridized carbons (Fsp3) is 0.615. The van der Waals surface area contributed by atoms with Crippen LogP contribution >= 0.6 is 0 Å². The molecule has 21 heavy (non-hydrogen) atoms. The van der Waals surface area contributed by atoms with Crippen molar-refractivity contribution in [3.63, 3.8) is 0 Å². The monoisotopic (exact) mass is 315 g/mol. The zero-order valence-electron chi connectivity index (χ0n) is 12.7. The molecule has 0 aliphatic carbocycles. The van der Waals surface area contributed by atoms with Crippen molar-refractivity contribution in [1.29, 1.82) is 0 Å². The van der Waals surface area contributed by atoms with Crippen LogP contribution in [0, 0.1) is 0 Å². The summed E-state index contributed by atoms with van der Waals surface area (Å²) in [5.41, 5.74) is 0.352. The highest BCUT2D eigenvalue weighted by molar-refractivity contribution is 7.89. The molecule has 1 aliphatic rings. The van der Waals surface area contributed by atoms with Gasteiger partial charge in [-0.1, -0.05) is 0 Å². The van der Waals surface area contributed by atoms with Crippen LogP contribution in [0.15, 0.2) is 17.2 Å². The molecule has 7 nitrogen and oxygen atoms in total. The molecule has 2 rings (SSSR count). The first kappa shape index (κ1) is 16.0. The number of nitrogens with one attached hydrogen (secondary N) is 1. The molecule has 0 saturated carbocycles. The van der Waals surface area contributed by atoms with Gasteiger partial charge in [0.05, 0.1) is 12.2 Å². The lowest BCUT2D eigenvalue weighted by Gasteiger charge is -2.35. The topological polar surface area (TPSA) is 80.6 Å². The number of rotatable bonds is 3. The number of amides is 1. The van der Waals surface area contributed by atoms with Gasteiger partial charge in [0.2, 0.25) is 10.0 Å². The summed E-state index contributed by atoms with van der Waals surface area (Å²) >= 11 is 0. The lowest BCUT2D eigenvalue weighted by Crippen LogP contribution is -2.48. The predicted octanol–water partition coefficient (Wildman–Crippen LogP) is 0.183. The molecular formula is C13H21N3O4S. The molecule has 2 atom stereocenters. The van der Waals surface area contributed by atoms with E-state index in [-0.39, 0.29) is 23.0 Å². The number of sulfonamides is 1. The van der Waals surface area contributed by atoms with E-state index >= 15 is 0 Å². The SMILES string of the molecule is CNS(=O)(=O)c1cc(C(=O)N2C[C@@H](C)O[C@H](C)C2)n(C)c1. The predicted molar refractivity (Wildman–Crippen MR) is 77.6 cm³/mol. The first-order valence-corrected chi connectivity index (χ1v) is 8.27. The van der Waals surface area contributed by atoms with Gasteiger partial charge in [-0.05, 0) is 27.0 Å². The van der Waals surface area contributed by atoms with Crippen LogP contribution in [0.3, 0.4) is 0 Å². The minimum atomic E-state index is -3.55. The molecule has 1 aromatic heterocycles. The summed E-state index contributed by atoms with van der Waals surface area (Å²) < 4.78 is 33.0. The Morgan fingerprint density at radius 1 is 1.33 bits per heavy atom. The van der Waals surface area contributed by atoms with E-state index in [0.29, 0.717) is 18.8 Å². The van der Waals surface area contributed by atoms with Gasteiger partial charge in [-0.2, -0.15) is 0 Å². The number of ether oxygens (including phenoxy) is 1. The number of morpholine rings is 1. The Kier molecular flexibility index (Phi) is 4.40. The van der Waals surface area contributed by atoms with Gasteiger partial charge in [-0.3, -0.25) is 4.79 Å². The fourth-order valence-electron chi connectivity index (χ4n) is 2.52. The third kappa shape index (κ3) is 3.28. The minimum absolute atomic E-state index is 0.0292. The molecule has 1 aromatic rings. The average molecular weight is 315 g/mol. The van der Waals surface area contributed by atoms with E-state index in [1.54, 1.807) is 11.9 Å². The molecular weight excluding hydrogens is 294 g/mol. The van der Waals surface area contributed by atoms with Gasteiger partial charge in [0.1, 0.15) is 10.6 Å². The summed E-state index contributed by atoms with van der Waals surface area (Å²) in [6.45, 7) is 4.83. The van der Waals surface area contributed by atoms with Crippen molar-refractivity contribution in [2.24, 2.45) is 7.05 Å². The Labute approximate surface area is 124 Å². The highest BCUT2D eigenvalue weighted by atomic mass is 32.2. The molecule has 0 spiro atoms. The first-order valence-electron chi connectivity index (χ1n) is 6.79. The molecule has 0 unspecified atom stereocenters. The van der Waals surface area contributed by atoms with Crippen molar-refractivity contribution in [3.8, 4) is 0 Å². The summed E-state index contributed by atoms with van der Waals surface area (Å²) in [5.74, 6) is -0.183. The summed E-state index contributed by atoms with van der Waals surface area (Å²) in [5, 5.41) is 0. The smallest absolute Gasteiger partial charge is 0.270 e. The number of hydrogen-bond acceptors (Lipinski definition) is 4. The summed E-state index contributed by atoms with van der Waals surface area (Å²) in [7, 11) is -0.548. The van der Waals surface area contributed by atoms with E-state index in [2.05, 4.69) is 4.72 Å². The first-order chi connectivity index (χ1) is 9.74. The number of aromatic nitrogens is 1. The number of hydrogen-bond donors (Lipinski definition) is 1. The summed E-state index contributed by atoms with van der Waals surface area (Å²) in [6.07, 6.45) is 1.38. The second kappa shape index (κ2) is 5.78. The number of carbonyl (C=O) groups is 1. The highest BCUT2D eigenvalue weighted by Gasteiger charge is 2.29. The molecule has 0 bridgehead atoms. The van der Waals surface area contributed by atoms with Crippen LogP contribution in [0.25, 0.3) is 0 Å². The van der Waals surface area contributed by atoms with E-state index in [1.165, 1.54) is 23.9 Å². The molecule has 1 fully saturated rings. The molecule has 0 aromatic carbocycles. The van der Waals surface area contributed by atoms with Crippen LogP contribution in [0.5, 0.6) is 0 Å². The van der Waals surface area contributed by atoms with Gasteiger partial charge in [-0.25, -0.2) is 13.1 Å². The molecule has 2 heterocycles. The fourth-order valence-corrected chi connectivity index (χ4v) is 3.32. The van der Waals surface area contributed by atoms with E-state index in [9.17, 15) is 13.2 Å². The van der Waals surface area contributed by atoms with Crippen LogP contribution in [-0.2, 0) is 21.8 Å². The minimum Gasteiger partial charge on any atom is -0.372 e. The van der Waals surface area contributed by atoms with Crippen LogP contribution < -0.4 is 4.72 Å². The number of aryl methyl sites for hydroxylation is 1.